The molecule has 0 atom stereocenters. The third-order valence-electron chi connectivity index (χ3n) is 3.40. The quantitative estimate of drug-likeness (QED) is 0.880. The number of halogens is 1. The summed E-state index contributed by atoms with van der Waals surface area (Å²) in [7, 11) is 0. The smallest absolute Gasteiger partial charge is 0.407 e. The van der Waals surface area contributed by atoms with Crippen LogP contribution < -0.4 is 5.32 Å². The lowest BCUT2D eigenvalue weighted by molar-refractivity contribution is 0.0928. The minimum Gasteiger partial charge on any atom is -0.465 e. The standard InChI is InChI=1S/C13H16BrN3O3/c14-11-5-10(7-15-8-11)12(18)16-6-9-1-3-17(4-2-9)13(19)20/h5,7-9H,1-4,6H2,(H,16,18)(H,19,20). The van der Waals surface area contributed by atoms with Gasteiger partial charge in [0, 0.05) is 36.5 Å². The number of nitrogens with zero attached hydrogens (tertiary/aromatic N) is 2. The zero-order valence-corrected chi connectivity index (χ0v) is 12.5. The molecule has 2 heterocycles. The second-order valence-electron chi connectivity index (χ2n) is 4.81. The van der Waals surface area contributed by atoms with Crippen molar-refractivity contribution in [2.45, 2.75) is 12.8 Å². The fraction of sp³-hybridized carbons (Fsp3) is 0.462. The Bertz CT molecular complexity index is 501. The molecule has 2 N–H and O–H groups in total. The Morgan fingerprint density at radius 2 is 2.10 bits per heavy atom. The Kier molecular flexibility index (Phi) is 4.94. The molecule has 0 bridgehead atoms. The van der Waals surface area contributed by atoms with Crippen LogP contribution in [0, 0.1) is 5.92 Å². The molecule has 1 aliphatic heterocycles. The topological polar surface area (TPSA) is 82.5 Å². The zero-order valence-electron chi connectivity index (χ0n) is 10.9. The molecule has 1 aromatic heterocycles. The molecular formula is C13H16BrN3O3. The van der Waals surface area contributed by atoms with Crippen molar-refractivity contribution in [3.05, 3.63) is 28.5 Å². The van der Waals surface area contributed by atoms with Gasteiger partial charge in [-0.15, -0.1) is 0 Å². The number of likely N-dealkylation sites (tertiary alicyclic amines) is 1. The molecule has 0 saturated carbocycles. The molecule has 0 aliphatic carbocycles. The van der Waals surface area contributed by atoms with E-state index in [-0.39, 0.29) is 5.91 Å². The Balaban J connectivity index is 1.79. The molecule has 1 aromatic rings. The van der Waals surface area contributed by atoms with Crippen LogP contribution in [-0.4, -0.2) is 46.6 Å². The van der Waals surface area contributed by atoms with Gasteiger partial charge in [-0.25, -0.2) is 4.79 Å². The normalized spacial score (nSPS) is 15.9. The van der Waals surface area contributed by atoms with E-state index in [2.05, 4.69) is 26.2 Å². The molecular weight excluding hydrogens is 326 g/mol. The summed E-state index contributed by atoms with van der Waals surface area (Å²) in [6, 6.07) is 1.72. The Morgan fingerprint density at radius 1 is 1.40 bits per heavy atom. The lowest BCUT2D eigenvalue weighted by Crippen LogP contribution is -2.40. The highest BCUT2D eigenvalue weighted by Crippen LogP contribution is 2.16. The molecule has 0 aromatic carbocycles. The van der Waals surface area contributed by atoms with Gasteiger partial charge >= 0.3 is 6.09 Å². The maximum Gasteiger partial charge on any atom is 0.407 e. The summed E-state index contributed by atoms with van der Waals surface area (Å²) >= 11 is 3.27. The first kappa shape index (κ1) is 14.8. The van der Waals surface area contributed by atoms with Crippen molar-refractivity contribution in [1.29, 1.82) is 0 Å². The van der Waals surface area contributed by atoms with E-state index in [1.165, 1.54) is 11.1 Å². The van der Waals surface area contributed by atoms with Gasteiger partial charge in [0.25, 0.3) is 5.91 Å². The van der Waals surface area contributed by atoms with E-state index in [4.69, 9.17) is 5.11 Å². The largest absolute Gasteiger partial charge is 0.465 e. The molecule has 20 heavy (non-hydrogen) atoms. The lowest BCUT2D eigenvalue weighted by Gasteiger charge is -2.29. The van der Waals surface area contributed by atoms with Crippen molar-refractivity contribution in [2.24, 2.45) is 5.92 Å². The van der Waals surface area contributed by atoms with Crippen LogP contribution in [0.2, 0.25) is 0 Å². The van der Waals surface area contributed by atoms with Crippen LogP contribution in [-0.2, 0) is 0 Å². The van der Waals surface area contributed by atoms with Gasteiger partial charge in [-0.3, -0.25) is 9.78 Å². The summed E-state index contributed by atoms with van der Waals surface area (Å²) in [6.07, 6.45) is 3.84. The van der Waals surface area contributed by atoms with Gasteiger partial charge in [-0.05, 0) is 40.8 Å². The molecule has 6 nitrogen and oxygen atoms in total. The van der Waals surface area contributed by atoms with E-state index in [0.29, 0.717) is 31.1 Å². The number of hydrogen-bond donors (Lipinski definition) is 2. The number of rotatable bonds is 3. The number of carbonyl (C=O) groups excluding carboxylic acids is 1. The first-order chi connectivity index (χ1) is 9.56. The number of pyridine rings is 1. The first-order valence-corrected chi connectivity index (χ1v) is 7.22. The van der Waals surface area contributed by atoms with Gasteiger partial charge < -0.3 is 15.3 Å². The average molecular weight is 342 g/mol. The summed E-state index contributed by atoms with van der Waals surface area (Å²) in [5.41, 5.74) is 0.516. The van der Waals surface area contributed by atoms with Gasteiger partial charge in [0.05, 0.1) is 5.56 Å². The van der Waals surface area contributed by atoms with Gasteiger partial charge in [-0.1, -0.05) is 0 Å². The minimum absolute atomic E-state index is 0.153. The van der Waals surface area contributed by atoms with Gasteiger partial charge in [0.15, 0.2) is 0 Å². The first-order valence-electron chi connectivity index (χ1n) is 6.43. The fourth-order valence-corrected chi connectivity index (χ4v) is 2.57. The minimum atomic E-state index is -0.868. The highest BCUT2D eigenvalue weighted by Gasteiger charge is 2.22. The molecule has 1 aliphatic rings. The monoisotopic (exact) mass is 341 g/mol. The van der Waals surface area contributed by atoms with E-state index in [1.54, 1.807) is 12.3 Å². The molecule has 7 heteroatoms. The van der Waals surface area contributed by atoms with Crippen LogP contribution in [0.5, 0.6) is 0 Å². The Labute approximate surface area is 125 Å². The summed E-state index contributed by atoms with van der Waals surface area (Å²) in [5, 5.41) is 11.7. The summed E-state index contributed by atoms with van der Waals surface area (Å²) < 4.78 is 0.764. The van der Waals surface area contributed by atoms with Gasteiger partial charge in [-0.2, -0.15) is 0 Å². The van der Waals surface area contributed by atoms with E-state index in [9.17, 15) is 9.59 Å². The van der Waals surface area contributed by atoms with Crippen molar-refractivity contribution < 1.29 is 14.7 Å². The number of carbonyl (C=O) groups is 2. The highest BCUT2D eigenvalue weighted by atomic mass is 79.9. The number of nitrogens with one attached hydrogen (secondary N) is 1. The number of aromatic nitrogens is 1. The summed E-state index contributed by atoms with van der Waals surface area (Å²) in [6.45, 7) is 1.64. The van der Waals surface area contributed by atoms with Gasteiger partial charge in [0.1, 0.15) is 0 Å². The maximum absolute atomic E-state index is 11.9. The SMILES string of the molecule is O=C(NCC1CCN(C(=O)O)CC1)c1cncc(Br)c1. The molecule has 2 amide bonds. The maximum atomic E-state index is 11.9. The third kappa shape index (κ3) is 3.93. The highest BCUT2D eigenvalue weighted by molar-refractivity contribution is 9.10. The second kappa shape index (κ2) is 6.69. The summed E-state index contributed by atoms with van der Waals surface area (Å²) in [4.78, 5) is 28.1. The number of amides is 2. The number of piperidine rings is 1. The molecule has 1 fully saturated rings. The van der Waals surface area contributed by atoms with E-state index in [0.717, 1.165) is 17.3 Å². The van der Waals surface area contributed by atoms with Crippen LogP contribution in [0.1, 0.15) is 23.2 Å². The van der Waals surface area contributed by atoms with Gasteiger partial charge in [0.2, 0.25) is 0 Å². The summed E-state index contributed by atoms with van der Waals surface area (Å²) in [5.74, 6) is 0.175. The van der Waals surface area contributed by atoms with Crippen LogP contribution in [0.15, 0.2) is 22.9 Å². The van der Waals surface area contributed by atoms with Crippen molar-refractivity contribution in [2.75, 3.05) is 19.6 Å². The predicted octanol–water partition coefficient (Wildman–Crippen LogP) is 1.96. The Hall–Kier alpha value is -1.63. The number of carboxylic acid groups (broad SMARTS) is 1. The van der Waals surface area contributed by atoms with E-state index < -0.39 is 6.09 Å². The fourth-order valence-electron chi connectivity index (χ4n) is 2.20. The molecule has 1 saturated heterocycles. The van der Waals surface area contributed by atoms with E-state index in [1.807, 2.05) is 0 Å². The third-order valence-corrected chi connectivity index (χ3v) is 3.84. The zero-order chi connectivity index (χ0) is 14.5. The molecule has 0 spiro atoms. The van der Waals surface area contributed by atoms with Crippen LogP contribution in [0.3, 0.4) is 0 Å². The van der Waals surface area contributed by atoms with Crippen LogP contribution in [0.4, 0.5) is 4.79 Å². The number of hydrogen-bond acceptors (Lipinski definition) is 3. The lowest BCUT2D eigenvalue weighted by atomic mass is 9.97. The molecule has 2 rings (SSSR count). The molecule has 0 unspecified atom stereocenters. The predicted molar refractivity (Wildman–Crippen MR) is 76.6 cm³/mol. The van der Waals surface area contributed by atoms with Crippen molar-refractivity contribution in [1.82, 2.24) is 15.2 Å². The van der Waals surface area contributed by atoms with Crippen molar-refractivity contribution >= 4 is 27.9 Å². The molecule has 0 radical (unpaired) electrons. The second-order valence-corrected chi connectivity index (χ2v) is 5.73. The van der Waals surface area contributed by atoms with Crippen LogP contribution >= 0.6 is 15.9 Å². The average Bonchev–Trinajstić information content (AvgIpc) is 2.45. The molecule has 108 valence electrons. The Morgan fingerprint density at radius 3 is 2.70 bits per heavy atom. The van der Waals surface area contributed by atoms with Crippen molar-refractivity contribution in [3.8, 4) is 0 Å². The van der Waals surface area contributed by atoms with Crippen LogP contribution in [0.25, 0.3) is 0 Å². The van der Waals surface area contributed by atoms with E-state index >= 15 is 0 Å². The van der Waals surface area contributed by atoms with Crippen molar-refractivity contribution in [3.63, 3.8) is 0 Å².